The molecule has 1 saturated heterocycles. The van der Waals surface area contributed by atoms with E-state index in [0.29, 0.717) is 24.4 Å². The summed E-state index contributed by atoms with van der Waals surface area (Å²) < 4.78 is 11.2. The number of aliphatic carboxylic acids is 1. The zero-order chi connectivity index (χ0) is 39.5. The first-order chi connectivity index (χ1) is 24.9. The maximum absolute atomic E-state index is 13.5. The van der Waals surface area contributed by atoms with Crippen molar-refractivity contribution in [1.29, 1.82) is 0 Å². The van der Waals surface area contributed by atoms with Gasteiger partial charge in [-0.1, -0.05) is 51.1 Å². The summed E-state index contributed by atoms with van der Waals surface area (Å²) in [6.45, 7) is 12.1. The van der Waals surface area contributed by atoms with Crippen LogP contribution in [-0.4, -0.2) is 99.5 Å². The molecule has 15 heteroatoms. The molecule has 4 amide bonds. The Hall–Kier alpha value is -4.53. The van der Waals surface area contributed by atoms with Gasteiger partial charge in [0.25, 0.3) is 5.91 Å². The van der Waals surface area contributed by atoms with Crippen LogP contribution in [0.2, 0.25) is 0 Å². The number of carbonyl (C=O) groups excluding carboxylic acids is 5. The molecule has 2 aromatic rings. The van der Waals surface area contributed by atoms with E-state index in [-0.39, 0.29) is 36.9 Å². The van der Waals surface area contributed by atoms with Gasteiger partial charge in [-0.3, -0.25) is 28.9 Å². The molecule has 0 saturated carbocycles. The van der Waals surface area contributed by atoms with E-state index < -0.39 is 65.6 Å². The fourth-order valence-corrected chi connectivity index (χ4v) is 7.09. The predicted octanol–water partition coefficient (Wildman–Crippen LogP) is 4.98. The van der Waals surface area contributed by atoms with Crippen molar-refractivity contribution in [3.05, 3.63) is 52.0 Å². The van der Waals surface area contributed by atoms with Gasteiger partial charge in [0.1, 0.15) is 22.3 Å². The number of amides is 4. The molecule has 5 unspecified atom stereocenters. The molecule has 1 aromatic carbocycles. The van der Waals surface area contributed by atoms with E-state index in [1.165, 1.54) is 16.7 Å². The second-order valence-corrected chi connectivity index (χ2v) is 15.8. The monoisotopic (exact) mass is 757 g/mol. The van der Waals surface area contributed by atoms with Gasteiger partial charge in [-0.15, -0.1) is 11.3 Å². The van der Waals surface area contributed by atoms with Crippen LogP contribution in [-0.2, 0) is 35.1 Å². The third-order valence-corrected chi connectivity index (χ3v) is 9.96. The molecule has 5 atom stereocenters. The molecule has 2 heterocycles. The van der Waals surface area contributed by atoms with Gasteiger partial charge in [-0.25, -0.2) is 9.78 Å². The zero-order valence-electron chi connectivity index (χ0n) is 32.0. The van der Waals surface area contributed by atoms with E-state index in [1.807, 2.05) is 44.2 Å². The number of rotatable bonds is 16. The Morgan fingerprint density at radius 2 is 1.74 bits per heavy atom. The molecule has 3 rings (SSSR count). The smallest absolute Gasteiger partial charge is 0.410 e. The molecule has 1 aliphatic heterocycles. The van der Waals surface area contributed by atoms with Crippen LogP contribution in [0.1, 0.15) is 108 Å². The van der Waals surface area contributed by atoms with E-state index in [1.54, 1.807) is 40.1 Å². The fraction of sp³-hybridized carbons (Fsp3) is 0.605. The van der Waals surface area contributed by atoms with E-state index in [4.69, 9.17) is 9.47 Å². The number of carboxylic acids is 1. The van der Waals surface area contributed by atoms with Crippen molar-refractivity contribution in [1.82, 2.24) is 25.4 Å². The number of ether oxygens (including phenoxy) is 2. The number of benzene rings is 1. The lowest BCUT2D eigenvalue weighted by Crippen LogP contribution is -2.54. The topological polar surface area (TPSA) is 185 Å². The molecule has 0 radical (unpaired) electrons. The SMILES string of the molecule is CC(=O)OC(CC(C(C)C)N(C)C(=O)CNC(=O)C1CCCCN1C(=O)OC(C)(C)C)c1nc(C(=O)NC(Cc2ccccc2)CC(C)C(=O)O)cs1. The Bertz CT molecular complexity index is 1570. The van der Waals surface area contributed by atoms with Crippen molar-refractivity contribution in [3.8, 4) is 0 Å². The lowest BCUT2D eigenvalue weighted by molar-refractivity contribution is -0.148. The van der Waals surface area contributed by atoms with Gasteiger partial charge in [0.2, 0.25) is 11.8 Å². The molecule has 14 nitrogen and oxygen atoms in total. The summed E-state index contributed by atoms with van der Waals surface area (Å²) in [6, 6.07) is 7.77. The van der Waals surface area contributed by atoms with Gasteiger partial charge in [-0.05, 0) is 64.4 Å². The molecular formula is C38H55N5O9S. The van der Waals surface area contributed by atoms with E-state index in [9.17, 15) is 33.9 Å². The van der Waals surface area contributed by atoms with Gasteiger partial charge in [-0.2, -0.15) is 0 Å². The Labute approximate surface area is 316 Å². The predicted molar refractivity (Wildman–Crippen MR) is 199 cm³/mol. The molecular weight excluding hydrogens is 703 g/mol. The van der Waals surface area contributed by atoms with Gasteiger partial charge in [0.05, 0.1) is 12.5 Å². The first kappa shape index (κ1) is 42.9. The van der Waals surface area contributed by atoms with Crippen LogP contribution in [0.5, 0.6) is 0 Å². The van der Waals surface area contributed by atoms with Gasteiger partial charge < -0.3 is 30.1 Å². The molecule has 0 bridgehead atoms. The van der Waals surface area contributed by atoms with Crippen molar-refractivity contribution in [3.63, 3.8) is 0 Å². The summed E-state index contributed by atoms with van der Waals surface area (Å²) >= 11 is 1.14. The molecule has 53 heavy (non-hydrogen) atoms. The van der Waals surface area contributed by atoms with E-state index in [0.717, 1.165) is 29.7 Å². The van der Waals surface area contributed by atoms with Crippen LogP contribution < -0.4 is 10.6 Å². The van der Waals surface area contributed by atoms with Crippen LogP contribution in [0.25, 0.3) is 0 Å². The normalized spacial score (nSPS) is 16.8. The standard InChI is InChI=1S/C38H55N5O9S/c1-23(2)30(42(8)32(45)21-39-34(47)29-16-12-13-17-43(29)37(50)52-38(5,6)7)20-31(51-25(4)44)35-41-28(22-53-35)33(46)40-27(18-24(3)36(48)49)19-26-14-10-9-11-15-26/h9-11,14-15,22-24,27,29-31H,12-13,16-21H2,1-8H3,(H,39,47)(H,40,46)(H,48,49). The number of carbonyl (C=O) groups is 6. The third-order valence-electron chi connectivity index (χ3n) is 9.02. The van der Waals surface area contributed by atoms with Gasteiger partial charge >= 0.3 is 18.0 Å². The highest BCUT2D eigenvalue weighted by atomic mass is 32.1. The second-order valence-electron chi connectivity index (χ2n) is 15.0. The van der Waals surface area contributed by atoms with Crippen molar-refractivity contribution in [2.75, 3.05) is 20.1 Å². The maximum Gasteiger partial charge on any atom is 0.410 e. The Kier molecular flexibility index (Phi) is 15.8. The average Bonchev–Trinajstić information content (AvgIpc) is 3.58. The lowest BCUT2D eigenvalue weighted by atomic mass is 9.96. The van der Waals surface area contributed by atoms with Gasteiger partial charge in [0.15, 0.2) is 6.10 Å². The van der Waals surface area contributed by atoms with Crippen LogP contribution >= 0.6 is 11.3 Å². The fourth-order valence-electron chi connectivity index (χ4n) is 6.25. The minimum atomic E-state index is -0.961. The number of nitrogens with one attached hydrogen (secondary N) is 2. The third kappa shape index (κ3) is 13.4. The zero-order valence-corrected chi connectivity index (χ0v) is 32.9. The van der Waals surface area contributed by atoms with E-state index in [2.05, 4.69) is 15.6 Å². The molecule has 0 aliphatic carbocycles. The quantitative estimate of drug-likeness (QED) is 0.198. The number of likely N-dealkylation sites (N-methyl/N-ethyl adjacent to an activating group) is 1. The minimum absolute atomic E-state index is 0.0968. The number of carboxylic acid groups (broad SMARTS) is 1. The number of likely N-dealkylation sites (tertiary alicyclic amines) is 1. The number of piperidine rings is 1. The first-order valence-electron chi connectivity index (χ1n) is 18.1. The molecule has 1 fully saturated rings. The number of aromatic nitrogens is 1. The average molecular weight is 758 g/mol. The minimum Gasteiger partial charge on any atom is -0.481 e. The summed E-state index contributed by atoms with van der Waals surface area (Å²) in [5.41, 5.74) is 0.322. The van der Waals surface area contributed by atoms with Crippen LogP contribution in [0.3, 0.4) is 0 Å². The maximum atomic E-state index is 13.5. The highest BCUT2D eigenvalue weighted by molar-refractivity contribution is 7.09. The lowest BCUT2D eigenvalue weighted by Gasteiger charge is -2.36. The number of nitrogens with zero attached hydrogens (tertiary/aromatic N) is 3. The van der Waals surface area contributed by atoms with E-state index >= 15 is 0 Å². The second kappa shape index (κ2) is 19.5. The molecule has 0 spiro atoms. The summed E-state index contributed by atoms with van der Waals surface area (Å²) in [5, 5.41) is 17.1. The number of hydrogen-bond acceptors (Lipinski definition) is 10. The van der Waals surface area contributed by atoms with Gasteiger partial charge in [0, 0.05) is 44.4 Å². The Morgan fingerprint density at radius 1 is 1.06 bits per heavy atom. The van der Waals surface area contributed by atoms with Crippen molar-refractivity contribution < 1.29 is 43.3 Å². The Morgan fingerprint density at radius 3 is 2.34 bits per heavy atom. The summed E-state index contributed by atoms with van der Waals surface area (Å²) in [7, 11) is 1.61. The number of hydrogen-bond donors (Lipinski definition) is 3. The number of thiazole rings is 1. The van der Waals surface area contributed by atoms with Crippen molar-refractivity contribution in [2.45, 2.75) is 117 Å². The molecule has 3 N–H and O–H groups in total. The van der Waals surface area contributed by atoms with Crippen LogP contribution in [0.4, 0.5) is 4.79 Å². The van der Waals surface area contributed by atoms with Crippen LogP contribution in [0, 0.1) is 11.8 Å². The highest BCUT2D eigenvalue weighted by Crippen LogP contribution is 2.30. The summed E-state index contributed by atoms with van der Waals surface area (Å²) in [4.78, 5) is 84.2. The Balaban J connectivity index is 1.71. The molecule has 1 aromatic heterocycles. The van der Waals surface area contributed by atoms with Crippen LogP contribution in [0.15, 0.2) is 35.7 Å². The van der Waals surface area contributed by atoms with Crippen molar-refractivity contribution in [2.24, 2.45) is 11.8 Å². The summed E-state index contributed by atoms with van der Waals surface area (Å²) in [5.74, 6) is -3.62. The van der Waals surface area contributed by atoms with Crippen molar-refractivity contribution >= 4 is 47.1 Å². The first-order valence-corrected chi connectivity index (χ1v) is 19.0. The highest BCUT2D eigenvalue weighted by Gasteiger charge is 2.36. The summed E-state index contributed by atoms with van der Waals surface area (Å²) in [6.07, 6.45) is 1.32. The molecule has 1 aliphatic rings. The number of esters is 1. The molecule has 292 valence electrons. The largest absolute Gasteiger partial charge is 0.481 e.